The maximum absolute atomic E-state index is 10.2. The van der Waals surface area contributed by atoms with Gasteiger partial charge in [0.25, 0.3) is 0 Å². The lowest BCUT2D eigenvalue weighted by molar-refractivity contribution is 0.0411. The molecule has 1 aliphatic heterocycles. The van der Waals surface area contributed by atoms with Crippen molar-refractivity contribution in [3.05, 3.63) is 60.2 Å². The maximum atomic E-state index is 10.2. The minimum absolute atomic E-state index is 0.173. The molecule has 0 bridgehead atoms. The van der Waals surface area contributed by atoms with Gasteiger partial charge in [-0.1, -0.05) is 30.3 Å². The molecule has 5 atom stereocenters. The van der Waals surface area contributed by atoms with E-state index < -0.39 is 12.2 Å². The number of fused-ring (bicyclic) bond motifs is 1. The summed E-state index contributed by atoms with van der Waals surface area (Å²) in [5, 5.41) is 23.4. The summed E-state index contributed by atoms with van der Waals surface area (Å²) in [5.74, 6) is 1.81. The number of nitrogens with one attached hydrogen (secondary N) is 1. The SMILES string of the molecule is O[C@@H]1[C@H](O)CS[C@H]1c1cnc2c(N[C@@H]3C[C@H]3c3ccccc3)nccn12. The van der Waals surface area contributed by atoms with Gasteiger partial charge in [0.1, 0.15) is 0 Å². The topological polar surface area (TPSA) is 82.7 Å². The number of benzene rings is 1. The van der Waals surface area contributed by atoms with Crippen LogP contribution >= 0.6 is 11.8 Å². The summed E-state index contributed by atoms with van der Waals surface area (Å²) < 4.78 is 1.97. The average Bonchev–Trinajstić information content (AvgIpc) is 3.18. The molecule has 3 heterocycles. The van der Waals surface area contributed by atoms with E-state index >= 15 is 0 Å². The summed E-state index contributed by atoms with van der Waals surface area (Å²) in [6, 6.07) is 10.9. The fourth-order valence-electron chi connectivity index (χ4n) is 3.71. The zero-order chi connectivity index (χ0) is 17.7. The van der Waals surface area contributed by atoms with Crippen LogP contribution in [0.4, 0.5) is 5.82 Å². The van der Waals surface area contributed by atoms with E-state index in [4.69, 9.17) is 0 Å². The molecule has 0 amide bonds. The van der Waals surface area contributed by atoms with Gasteiger partial charge in [-0.15, -0.1) is 11.8 Å². The number of thioether (sulfide) groups is 1. The minimum atomic E-state index is -0.768. The number of hydrogen-bond donors (Lipinski definition) is 3. The number of anilines is 1. The van der Waals surface area contributed by atoms with E-state index in [1.165, 1.54) is 5.56 Å². The molecule has 3 N–H and O–H groups in total. The summed E-state index contributed by atoms with van der Waals surface area (Å²) >= 11 is 1.56. The first-order valence-corrected chi connectivity index (χ1v) is 9.88. The zero-order valence-electron chi connectivity index (χ0n) is 14.1. The summed E-state index contributed by atoms with van der Waals surface area (Å²) in [6.07, 6.45) is 5.03. The third kappa shape index (κ3) is 2.67. The van der Waals surface area contributed by atoms with E-state index in [0.29, 0.717) is 17.7 Å². The van der Waals surface area contributed by atoms with Gasteiger partial charge in [0.2, 0.25) is 0 Å². The van der Waals surface area contributed by atoms with Gasteiger partial charge in [-0.05, 0) is 12.0 Å². The van der Waals surface area contributed by atoms with E-state index in [9.17, 15) is 10.2 Å². The first kappa shape index (κ1) is 16.1. The number of aromatic nitrogens is 3. The molecule has 2 fully saturated rings. The zero-order valence-corrected chi connectivity index (χ0v) is 14.9. The second-order valence-electron chi connectivity index (χ2n) is 6.97. The van der Waals surface area contributed by atoms with Crippen LogP contribution in [0, 0.1) is 0 Å². The van der Waals surface area contributed by atoms with E-state index in [1.54, 1.807) is 24.2 Å². The second kappa shape index (κ2) is 6.26. The summed E-state index contributed by atoms with van der Waals surface area (Å²) in [6.45, 7) is 0. The highest BCUT2D eigenvalue weighted by atomic mass is 32.2. The molecule has 1 aromatic carbocycles. The lowest BCUT2D eigenvalue weighted by Crippen LogP contribution is -2.25. The minimum Gasteiger partial charge on any atom is -0.390 e. The number of hydrogen-bond acceptors (Lipinski definition) is 6. The van der Waals surface area contributed by atoms with Crippen LogP contribution in [0.25, 0.3) is 5.65 Å². The van der Waals surface area contributed by atoms with Crippen LogP contribution in [-0.2, 0) is 0 Å². The Bertz CT molecular complexity index is 932. The van der Waals surface area contributed by atoms with Crippen molar-refractivity contribution in [1.29, 1.82) is 0 Å². The number of imidazole rings is 1. The van der Waals surface area contributed by atoms with Crippen molar-refractivity contribution in [2.45, 2.75) is 35.8 Å². The van der Waals surface area contributed by atoms with E-state index in [1.807, 2.05) is 16.7 Å². The second-order valence-corrected chi connectivity index (χ2v) is 8.14. The highest BCUT2D eigenvalue weighted by Crippen LogP contribution is 2.44. The van der Waals surface area contributed by atoms with Crippen molar-refractivity contribution in [1.82, 2.24) is 14.4 Å². The van der Waals surface area contributed by atoms with Crippen LogP contribution in [-0.4, -0.2) is 48.6 Å². The first-order chi connectivity index (χ1) is 12.7. The van der Waals surface area contributed by atoms with Crippen molar-refractivity contribution in [2.24, 2.45) is 0 Å². The Morgan fingerprint density at radius 2 is 2.00 bits per heavy atom. The van der Waals surface area contributed by atoms with Gasteiger partial charge in [-0.3, -0.25) is 4.40 Å². The van der Waals surface area contributed by atoms with Gasteiger partial charge in [0.15, 0.2) is 11.5 Å². The maximum Gasteiger partial charge on any atom is 0.180 e. The Hall–Kier alpha value is -2.09. The fourth-order valence-corrected chi connectivity index (χ4v) is 5.04. The fraction of sp³-hybridized carbons (Fsp3) is 0.368. The Balaban J connectivity index is 1.40. The monoisotopic (exact) mass is 368 g/mol. The van der Waals surface area contributed by atoms with Crippen molar-refractivity contribution in [3.63, 3.8) is 0 Å². The molecule has 0 spiro atoms. The number of aliphatic hydroxyl groups excluding tert-OH is 2. The van der Waals surface area contributed by atoms with Crippen LogP contribution in [0.2, 0.25) is 0 Å². The quantitative estimate of drug-likeness (QED) is 0.655. The summed E-state index contributed by atoms with van der Waals surface area (Å²) in [5.41, 5.74) is 3.01. The van der Waals surface area contributed by atoms with Crippen molar-refractivity contribution < 1.29 is 10.2 Å². The predicted molar refractivity (Wildman–Crippen MR) is 101 cm³/mol. The molecule has 1 saturated carbocycles. The van der Waals surface area contributed by atoms with Crippen LogP contribution in [0.15, 0.2) is 48.9 Å². The Kier molecular flexibility index (Phi) is 3.88. The highest BCUT2D eigenvalue weighted by molar-refractivity contribution is 7.99. The Morgan fingerprint density at radius 3 is 2.77 bits per heavy atom. The normalized spacial score (nSPS) is 30.6. The van der Waals surface area contributed by atoms with Gasteiger partial charge in [-0.25, -0.2) is 9.97 Å². The summed E-state index contributed by atoms with van der Waals surface area (Å²) in [4.78, 5) is 9.01. The van der Waals surface area contributed by atoms with Crippen LogP contribution in [0.1, 0.15) is 28.8 Å². The molecule has 0 radical (unpaired) electrons. The molecule has 5 rings (SSSR count). The molecule has 134 valence electrons. The highest BCUT2D eigenvalue weighted by Gasteiger charge is 2.40. The Labute approximate surface area is 155 Å². The van der Waals surface area contributed by atoms with Crippen LogP contribution < -0.4 is 5.32 Å². The molecule has 6 nitrogen and oxygen atoms in total. The molecule has 2 aromatic heterocycles. The van der Waals surface area contributed by atoms with E-state index in [-0.39, 0.29) is 5.25 Å². The molecule has 2 aliphatic rings. The van der Waals surface area contributed by atoms with Crippen LogP contribution in [0.3, 0.4) is 0 Å². The third-order valence-electron chi connectivity index (χ3n) is 5.24. The lowest BCUT2D eigenvalue weighted by Gasteiger charge is -2.15. The van der Waals surface area contributed by atoms with Crippen molar-refractivity contribution in [2.75, 3.05) is 11.1 Å². The largest absolute Gasteiger partial charge is 0.390 e. The van der Waals surface area contributed by atoms with Gasteiger partial charge in [0.05, 0.1) is 29.3 Å². The smallest absolute Gasteiger partial charge is 0.180 e. The molecule has 3 aromatic rings. The molecular formula is C19H20N4O2S. The van der Waals surface area contributed by atoms with Gasteiger partial charge in [0, 0.05) is 30.1 Å². The molecule has 0 unspecified atom stereocenters. The van der Waals surface area contributed by atoms with Crippen LogP contribution in [0.5, 0.6) is 0 Å². The van der Waals surface area contributed by atoms with Gasteiger partial charge >= 0.3 is 0 Å². The molecule has 1 saturated heterocycles. The van der Waals surface area contributed by atoms with Crippen molar-refractivity contribution >= 4 is 23.2 Å². The van der Waals surface area contributed by atoms with Gasteiger partial charge < -0.3 is 15.5 Å². The third-order valence-corrected chi connectivity index (χ3v) is 6.65. The molecule has 26 heavy (non-hydrogen) atoms. The number of rotatable bonds is 4. The average molecular weight is 368 g/mol. The van der Waals surface area contributed by atoms with E-state index in [0.717, 1.165) is 23.6 Å². The standard InChI is InChI=1S/C19H20N4O2S/c24-15-10-26-17(16(15)25)14-9-21-19-18(20-6-7-23(14)19)22-13-8-12(13)11-4-2-1-3-5-11/h1-7,9,12-13,15-17,24-25H,8,10H2,(H,20,22)/t12-,13+,15+,16+,17-/m0/s1. The molecule has 7 heteroatoms. The number of aliphatic hydroxyl groups is 2. The van der Waals surface area contributed by atoms with Crippen molar-refractivity contribution in [3.8, 4) is 0 Å². The first-order valence-electron chi connectivity index (χ1n) is 8.83. The predicted octanol–water partition coefficient (Wildman–Crippen LogP) is 2.21. The molecular weight excluding hydrogens is 348 g/mol. The number of nitrogens with zero attached hydrogens (tertiary/aromatic N) is 3. The lowest BCUT2D eigenvalue weighted by atomic mass is 10.1. The van der Waals surface area contributed by atoms with Gasteiger partial charge in [-0.2, -0.15) is 0 Å². The Morgan fingerprint density at radius 1 is 1.15 bits per heavy atom. The van der Waals surface area contributed by atoms with E-state index in [2.05, 4.69) is 39.6 Å². The summed E-state index contributed by atoms with van der Waals surface area (Å²) in [7, 11) is 0. The molecule has 1 aliphatic carbocycles.